The molecule has 1 fully saturated rings. The molecule has 7 nitrogen and oxygen atoms in total. The van der Waals surface area contributed by atoms with Gasteiger partial charge >= 0.3 is 0 Å². The van der Waals surface area contributed by atoms with Crippen molar-refractivity contribution in [3.8, 4) is 5.75 Å². The first-order valence-electron chi connectivity index (χ1n) is 10.6. The van der Waals surface area contributed by atoms with Crippen LogP contribution in [0.4, 0.5) is 0 Å². The molecule has 1 atom stereocenters. The van der Waals surface area contributed by atoms with Crippen LogP contribution in [0.15, 0.2) is 54.2 Å². The number of hydrogen-bond acceptors (Lipinski definition) is 5. The molecule has 2 heterocycles. The number of ketones is 1. The first kappa shape index (κ1) is 22.9. The Kier molecular flexibility index (Phi) is 6.44. The minimum absolute atomic E-state index is 0.0127. The maximum absolute atomic E-state index is 13.2. The second-order valence-electron chi connectivity index (χ2n) is 8.05. The van der Waals surface area contributed by atoms with E-state index in [1.165, 1.54) is 12.0 Å². The van der Waals surface area contributed by atoms with Gasteiger partial charge in [0.2, 0.25) is 0 Å². The number of nitrogens with one attached hydrogen (secondary N) is 1. The molecule has 1 aliphatic heterocycles. The molecule has 0 saturated carbocycles. The molecule has 3 aromatic rings. The number of nitrogens with zero attached hydrogens (tertiary/aromatic N) is 1. The quantitative estimate of drug-likeness (QED) is 0.298. The van der Waals surface area contributed by atoms with Gasteiger partial charge in [-0.05, 0) is 38.1 Å². The van der Waals surface area contributed by atoms with E-state index in [9.17, 15) is 14.7 Å². The highest BCUT2D eigenvalue weighted by molar-refractivity contribution is 6.46. The van der Waals surface area contributed by atoms with Crippen LogP contribution in [0.25, 0.3) is 16.7 Å². The van der Waals surface area contributed by atoms with Gasteiger partial charge in [-0.15, -0.1) is 0 Å². The summed E-state index contributed by atoms with van der Waals surface area (Å²) in [6.07, 6.45) is 1.75. The van der Waals surface area contributed by atoms with E-state index in [4.69, 9.17) is 21.1 Å². The third-order valence-electron chi connectivity index (χ3n) is 5.66. The number of halogens is 1. The molecule has 1 aliphatic rings. The van der Waals surface area contributed by atoms with Crippen molar-refractivity contribution >= 4 is 40.0 Å². The molecular weight excluding hydrogens is 444 g/mol. The minimum Gasteiger partial charge on any atom is -0.507 e. The first-order valence-corrected chi connectivity index (χ1v) is 11.0. The lowest BCUT2D eigenvalue weighted by Gasteiger charge is -2.25. The van der Waals surface area contributed by atoms with Crippen LogP contribution in [0.1, 0.15) is 31.0 Å². The van der Waals surface area contributed by atoms with Gasteiger partial charge in [0.25, 0.3) is 11.7 Å². The van der Waals surface area contributed by atoms with Gasteiger partial charge < -0.3 is 24.5 Å². The second-order valence-corrected chi connectivity index (χ2v) is 8.46. The average molecular weight is 469 g/mol. The zero-order valence-corrected chi connectivity index (χ0v) is 19.3. The smallest absolute Gasteiger partial charge is 0.295 e. The summed E-state index contributed by atoms with van der Waals surface area (Å²) in [6.45, 7) is 4.27. The van der Waals surface area contributed by atoms with Crippen molar-refractivity contribution in [3.63, 3.8) is 0 Å². The number of aliphatic hydroxyl groups excluding tert-OH is 1. The van der Waals surface area contributed by atoms with E-state index in [1.807, 2.05) is 38.1 Å². The number of aromatic amines is 1. The molecule has 1 aromatic heterocycles. The number of methoxy groups -OCH3 is 1. The lowest BCUT2D eigenvalue weighted by Crippen LogP contribution is -2.33. The number of carbonyl (C=O) groups is 2. The summed E-state index contributed by atoms with van der Waals surface area (Å²) in [6, 6.07) is 11.5. The highest BCUT2D eigenvalue weighted by Gasteiger charge is 2.46. The molecule has 0 spiro atoms. The maximum Gasteiger partial charge on any atom is 0.295 e. The molecule has 0 aliphatic carbocycles. The van der Waals surface area contributed by atoms with Crippen LogP contribution in [0.3, 0.4) is 0 Å². The summed E-state index contributed by atoms with van der Waals surface area (Å²) in [4.78, 5) is 30.9. The number of benzene rings is 2. The third kappa shape index (κ3) is 4.21. The molecule has 0 bridgehead atoms. The summed E-state index contributed by atoms with van der Waals surface area (Å²) in [5.41, 5.74) is 1.93. The van der Waals surface area contributed by atoms with Crippen molar-refractivity contribution in [1.82, 2.24) is 9.88 Å². The number of rotatable bonds is 7. The maximum atomic E-state index is 13.2. The number of ether oxygens (including phenoxy) is 2. The van der Waals surface area contributed by atoms with Crippen LogP contribution >= 0.6 is 11.6 Å². The van der Waals surface area contributed by atoms with E-state index in [2.05, 4.69) is 4.98 Å². The van der Waals surface area contributed by atoms with Gasteiger partial charge in [0.1, 0.15) is 11.5 Å². The van der Waals surface area contributed by atoms with Gasteiger partial charge in [-0.25, -0.2) is 0 Å². The number of likely N-dealkylation sites (tertiary alicyclic amines) is 1. The summed E-state index contributed by atoms with van der Waals surface area (Å²) >= 11 is 6.12. The third-order valence-corrected chi connectivity index (χ3v) is 5.98. The molecule has 1 unspecified atom stereocenters. The van der Waals surface area contributed by atoms with Gasteiger partial charge in [-0.2, -0.15) is 0 Å². The Morgan fingerprint density at radius 3 is 2.70 bits per heavy atom. The van der Waals surface area contributed by atoms with Gasteiger partial charge in [-0.3, -0.25) is 9.59 Å². The fourth-order valence-corrected chi connectivity index (χ4v) is 4.30. The number of aliphatic hydroxyl groups is 1. The molecule has 1 amide bonds. The Balaban J connectivity index is 1.87. The number of fused-ring (bicyclic) bond motifs is 1. The summed E-state index contributed by atoms with van der Waals surface area (Å²) in [5, 5.41) is 12.5. The lowest BCUT2D eigenvalue weighted by molar-refractivity contribution is -0.140. The highest BCUT2D eigenvalue weighted by atomic mass is 35.5. The van der Waals surface area contributed by atoms with Gasteiger partial charge in [0.15, 0.2) is 0 Å². The fourth-order valence-electron chi connectivity index (χ4n) is 4.10. The number of para-hydroxylation sites is 1. The molecule has 2 N–H and O–H groups in total. The molecule has 0 radical (unpaired) electrons. The standard InChI is InChI=1S/C25H25ClN2O5/c1-14(2)33-11-10-28-22(17-13-27-19-7-5-4-6-16(17)19)21(24(30)25(28)31)23(29)15-8-9-18(26)20(12-15)32-3/h4-9,12-14,22,27,29H,10-11H2,1-3H3/b23-21+. The second kappa shape index (κ2) is 9.29. The predicted octanol–water partition coefficient (Wildman–Crippen LogP) is 4.68. The van der Waals surface area contributed by atoms with Gasteiger partial charge in [0.05, 0.1) is 36.5 Å². The number of Topliss-reactive ketones (excluding diaryl/α,β-unsaturated/α-hetero) is 1. The Morgan fingerprint density at radius 1 is 1.21 bits per heavy atom. The summed E-state index contributed by atoms with van der Waals surface area (Å²) in [7, 11) is 1.46. The zero-order chi connectivity index (χ0) is 23.7. The number of H-pyrrole nitrogens is 1. The van der Waals surface area contributed by atoms with Crippen LogP contribution in [-0.4, -0.2) is 53.0 Å². The van der Waals surface area contributed by atoms with Crippen molar-refractivity contribution in [2.75, 3.05) is 20.3 Å². The normalized spacial score (nSPS) is 18.0. The monoisotopic (exact) mass is 468 g/mol. The van der Waals surface area contributed by atoms with E-state index < -0.39 is 17.7 Å². The Hall–Kier alpha value is -3.29. The summed E-state index contributed by atoms with van der Waals surface area (Å²) in [5.74, 6) is -1.36. The molecule has 4 rings (SSSR count). The number of hydrogen-bond donors (Lipinski definition) is 2. The van der Waals surface area contributed by atoms with E-state index in [-0.39, 0.29) is 30.6 Å². The molecule has 33 heavy (non-hydrogen) atoms. The largest absolute Gasteiger partial charge is 0.507 e. The molecular formula is C25H25ClN2O5. The Labute approximate surface area is 196 Å². The minimum atomic E-state index is -0.779. The fraction of sp³-hybridized carbons (Fsp3) is 0.280. The predicted molar refractivity (Wildman–Crippen MR) is 126 cm³/mol. The average Bonchev–Trinajstić information content (AvgIpc) is 3.33. The zero-order valence-electron chi connectivity index (χ0n) is 18.6. The van der Waals surface area contributed by atoms with Crippen LogP contribution in [0.2, 0.25) is 5.02 Å². The highest BCUT2D eigenvalue weighted by Crippen LogP contribution is 2.42. The molecule has 2 aromatic carbocycles. The lowest BCUT2D eigenvalue weighted by atomic mass is 9.95. The van der Waals surface area contributed by atoms with E-state index >= 15 is 0 Å². The topological polar surface area (TPSA) is 91.9 Å². The number of aromatic nitrogens is 1. The van der Waals surface area contributed by atoms with E-state index in [0.717, 1.165) is 16.5 Å². The Morgan fingerprint density at radius 2 is 1.97 bits per heavy atom. The van der Waals surface area contributed by atoms with Gasteiger partial charge in [0, 0.05) is 34.8 Å². The molecule has 8 heteroatoms. The summed E-state index contributed by atoms with van der Waals surface area (Å²) < 4.78 is 10.9. The Bertz CT molecular complexity index is 1250. The van der Waals surface area contributed by atoms with Crippen molar-refractivity contribution < 1.29 is 24.2 Å². The first-order chi connectivity index (χ1) is 15.8. The van der Waals surface area contributed by atoms with E-state index in [1.54, 1.807) is 24.4 Å². The van der Waals surface area contributed by atoms with Crippen molar-refractivity contribution in [2.45, 2.75) is 26.0 Å². The van der Waals surface area contributed by atoms with Crippen LogP contribution in [0, 0.1) is 0 Å². The van der Waals surface area contributed by atoms with Crippen LogP contribution < -0.4 is 4.74 Å². The van der Waals surface area contributed by atoms with Crippen molar-refractivity contribution in [2.24, 2.45) is 0 Å². The van der Waals surface area contributed by atoms with Crippen molar-refractivity contribution in [1.29, 1.82) is 0 Å². The number of carbonyl (C=O) groups excluding carboxylic acids is 2. The van der Waals surface area contributed by atoms with E-state index in [0.29, 0.717) is 16.3 Å². The van der Waals surface area contributed by atoms with Crippen molar-refractivity contribution in [3.05, 3.63) is 70.4 Å². The van der Waals surface area contributed by atoms with Crippen LogP contribution in [0.5, 0.6) is 5.75 Å². The molecule has 1 saturated heterocycles. The molecule has 172 valence electrons. The van der Waals surface area contributed by atoms with Gasteiger partial charge in [-0.1, -0.05) is 29.8 Å². The SMILES string of the molecule is COc1cc(/C(O)=C2\C(=O)C(=O)N(CCOC(C)C)C2c2c[nH]c3ccccc23)ccc1Cl. The van der Waals surface area contributed by atoms with Crippen LogP contribution in [-0.2, 0) is 14.3 Å². The number of amides is 1.